The molecule has 130 valence electrons. The smallest absolute Gasteiger partial charge is 0.140 e. The van der Waals surface area contributed by atoms with Crippen molar-refractivity contribution in [1.82, 2.24) is 9.97 Å². The molecule has 0 aliphatic carbocycles. The maximum atomic E-state index is 5.78. The lowest BCUT2D eigenvalue weighted by atomic mass is 9.74. The molecule has 1 aromatic carbocycles. The van der Waals surface area contributed by atoms with E-state index >= 15 is 0 Å². The maximum absolute atomic E-state index is 5.78. The summed E-state index contributed by atoms with van der Waals surface area (Å²) < 4.78 is 5.78. The van der Waals surface area contributed by atoms with Gasteiger partial charge in [0.15, 0.2) is 0 Å². The lowest BCUT2D eigenvalue weighted by molar-refractivity contribution is 0.303. The van der Waals surface area contributed by atoms with E-state index in [1.807, 2.05) is 17.6 Å². The summed E-state index contributed by atoms with van der Waals surface area (Å²) in [7, 11) is 0. The van der Waals surface area contributed by atoms with Crippen LogP contribution in [0.5, 0.6) is 5.75 Å². The maximum Gasteiger partial charge on any atom is 0.140 e. The minimum absolute atomic E-state index is 0.0749. The van der Waals surface area contributed by atoms with E-state index in [4.69, 9.17) is 9.72 Å². The second-order valence-electron chi connectivity index (χ2n) is 7.34. The van der Waals surface area contributed by atoms with Crippen LogP contribution in [-0.2, 0) is 6.61 Å². The highest BCUT2D eigenvalue weighted by Gasteiger charge is 2.29. The molecule has 0 saturated heterocycles. The van der Waals surface area contributed by atoms with Gasteiger partial charge in [-0.2, -0.15) is 0 Å². The van der Waals surface area contributed by atoms with E-state index < -0.39 is 0 Å². The summed E-state index contributed by atoms with van der Waals surface area (Å²) >= 11 is 1.60. The molecule has 4 heteroatoms. The van der Waals surface area contributed by atoms with Gasteiger partial charge in [0.1, 0.15) is 17.4 Å². The zero-order chi connectivity index (χ0) is 17.9. The molecule has 25 heavy (non-hydrogen) atoms. The summed E-state index contributed by atoms with van der Waals surface area (Å²) in [6.07, 6.45) is 3.61. The number of aryl methyl sites for hydroxylation is 1. The molecule has 0 amide bonds. The number of hydrogen-bond acceptors (Lipinski definition) is 4. The number of hydrogen-bond donors (Lipinski definition) is 0. The van der Waals surface area contributed by atoms with Crippen molar-refractivity contribution in [2.24, 2.45) is 5.41 Å². The minimum Gasteiger partial charge on any atom is -0.485 e. The molecule has 0 saturated carbocycles. The first-order chi connectivity index (χ1) is 11.9. The molecule has 0 bridgehead atoms. The monoisotopic (exact) mass is 352 g/mol. The summed E-state index contributed by atoms with van der Waals surface area (Å²) in [5.74, 6) is 1.01. The van der Waals surface area contributed by atoms with Crippen molar-refractivity contribution in [2.45, 2.75) is 40.2 Å². The predicted octanol–water partition coefficient (Wildman–Crippen LogP) is 5.60. The van der Waals surface area contributed by atoms with Gasteiger partial charge in [0.2, 0.25) is 0 Å². The fourth-order valence-electron chi connectivity index (χ4n) is 2.99. The van der Waals surface area contributed by atoms with Gasteiger partial charge < -0.3 is 4.74 Å². The van der Waals surface area contributed by atoms with Crippen LogP contribution in [0.3, 0.4) is 0 Å². The molecule has 3 rings (SSSR count). The highest BCUT2D eigenvalue weighted by Crippen LogP contribution is 2.40. The van der Waals surface area contributed by atoms with Crippen molar-refractivity contribution < 1.29 is 4.74 Å². The topological polar surface area (TPSA) is 35.0 Å². The van der Waals surface area contributed by atoms with Crippen LogP contribution < -0.4 is 4.74 Å². The van der Waals surface area contributed by atoms with Crippen molar-refractivity contribution in [2.75, 3.05) is 0 Å². The number of pyridine rings is 1. The van der Waals surface area contributed by atoms with Crippen LogP contribution in [-0.4, -0.2) is 9.97 Å². The second-order valence-corrected chi connectivity index (χ2v) is 8.32. The first-order valence-corrected chi connectivity index (χ1v) is 9.35. The molecule has 0 fully saturated rings. The molecular formula is C21H24N2OS. The number of nitrogens with zero attached hydrogens (tertiary/aromatic N) is 2. The molecule has 0 N–H and O–H groups in total. The van der Waals surface area contributed by atoms with Crippen LogP contribution in [0.2, 0.25) is 0 Å². The number of rotatable bonds is 5. The van der Waals surface area contributed by atoms with E-state index in [0.717, 1.165) is 16.5 Å². The highest BCUT2D eigenvalue weighted by molar-refractivity contribution is 7.09. The Morgan fingerprint density at radius 3 is 2.36 bits per heavy atom. The van der Waals surface area contributed by atoms with Crippen molar-refractivity contribution >= 4 is 11.3 Å². The Balaban J connectivity index is 1.80. The normalized spacial score (nSPS) is 12.8. The van der Waals surface area contributed by atoms with Crippen LogP contribution in [0.1, 0.15) is 48.5 Å². The number of aromatic nitrogens is 2. The highest BCUT2D eigenvalue weighted by atomic mass is 32.1. The number of ether oxygens (including phenoxy) is 1. The minimum atomic E-state index is 0.0749. The first-order valence-electron chi connectivity index (χ1n) is 8.47. The van der Waals surface area contributed by atoms with Gasteiger partial charge in [0.05, 0.1) is 6.20 Å². The average molecular weight is 353 g/mol. The molecule has 0 aliphatic rings. The molecule has 1 atom stereocenters. The third kappa shape index (κ3) is 4.45. The van der Waals surface area contributed by atoms with Crippen LogP contribution in [0.25, 0.3) is 0 Å². The van der Waals surface area contributed by atoms with E-state index in [1.54, 1.807) is 17.5 Å². The lowest BCUT2D eigenvalue weighted by Gasteiger charge is -2.31. The van der Waals surface area contributed by atoms with Gasteiger partial charge in [0, 0.05) is 23.2 Å². The van der Waals surface area contributed by atoms with Crippen molar-refractivity contribution in [3.63, 3.8) is 0 Å². The van der Waals surface area contributed by atoms with Gasteiger partial charge >= 0.3 is 0 Å². The molecule has 2 heterocycles. The quantitative estimate of drug-likeness (QED) is 0.599. The lowest BCUT2D eigenvalue weighted by Crippen LogP contribution is -2.20. The van der Waals surface area contributed by atoms with E-state index in [1.165, 1.54) is 11.1 Å². The van der Waals surface area contributed by atoms with E-state index in [0.29, 0.717) is 6.61 Å². The van der Waals surface area contributed by atoms with Gasteiger partial charge in [-0.05, 0) is 30.0 Å². The molecule has 0 spiro atoms. The van der Waals surface area contributed by atoms with Gasteiger partial charge in [0.25, 0.3) is 0 Å². The third-order valence-electron chi connectivity index (χ3n) is 4.18. The molecule has 0 radical (unpaired) electrons. The SMILES string of the molecule is Cc1ccc(C(c2ccc(OCc3nccs3)cn2)C(C)(C)C)cc1. The predicted molar refractivity (Wildman–Crippen MR) is 103 cm³/mol. The van der Waals surface area contributed by atoms with E-state index in [-0.39, 0.29) is 11.3 Å². The van der Waals surface area contributed by atoms with Crippen molar-refractivity contribution in [3.05, 3.63) is 76.0 Å². The fourth-order valence-corrected chi connectivity index (χ4v) is 3.52. The van der Waals surface area contributed by atoms with Crippen LogP contribution in [0, 0.1) is 12.3 Å². The summed E-state index contributed by atoms with van der Waals surface area (Å²) in [5, 5.41) is 2.92. The molecule has 1 unspecified atom stereocenters. The Morgan fingerprint density at radius 2 is 1.80 bits per heavy atom. The van der Waals surface area contributed by atoms with E-state index in [9.17, 15) is 0 Å². The van der Waals surface area contributed by atoms with Gasteiger partial charge in [-0.3, -0.25) is 4.98 Å². The van der Waals surface area contributed by atoms with Crippen molar-refractivity contribution in [1.29, 1.82) is 0 Å². The standard InChI is InChI=1S/C21H24N2OS/c1-15-5-7-16(8-6-15)20(21(2,3)4)18-10-9-17(13-23-18)24-14-19-22-11-12-25-19/h5-13,20H,14H2,1-4H3. The van der Waals surface area contributed by atoms with Gasteiger partial charge in [-0.15, -0.1) is 11.3 Å². The Morgan fingerprint density at radius 1 is 1.04 bits per heavy atom. The zero-order valence-electron chi connectivity index (χ0n) is 15.2. The molecule has 0 aliphatic heterocycles. The Bertz CT molecular complexity index is 787. The molecule has 3 aromatic rings. The third-order valence-corrected chi connectivity index (χ3v) is 4.93. The number of thiazole rings is 1. The zero-order valence-corrected chi connectivity index (χ0v) is 16.0. The Labute approximate surface area is 153 Å². The first kappa shape index (κ1) is 17.6. The van der Waals surface area contributed by atoms with Crippen molar-refractivity contribution in [3.8, 4) is 5.75 Å². The van der Waals surface area contributed by atoms with Crippen LogP contribution in [0.4, 0.5) is 0 Å². The van der Waals surface area contributed by atoms with Gasteiger partial charge in [-0.1, -0.05) is 50.6 Å². The molecule has 2 aromatic heterocycles. The Hall–Kier alpha value is -2.20. The number of benzene rings is 1. The fraction of sp³-hybridized carbons (Fsp3) is 0.333. The summed E-state index contributed by atoms with van der Waals surface area (Å²) in [6, 6.07) is 12.8. The second kappa shape index (κ2) is 7.36. The molecular weight excluding hydrogens is 328 g/mol. The molecule has 3 nitrogen and oxygen atoms in total. The van der Waals surface area contributed by atoms with E-state index in [2.05, 4.69) is 63.0 Å². The van der Waals surface area contributed by atoms with Gasteiger partial charge in [-0.25, -0.2) is 4.98 Å². The van der Waals surface area contributed by atoms with Crippen LogP contribution >= 0.6 is 11.3 Å². The summed E-state index contributed by atoms with van der Waals surface area (Å²) in [4.78, 5) is 8.93. The average Bonchev–Trinajstić information content (AvgIpc) is 3.08. The summed E-state index contributed by atoms with van der Waals surface area (Å²) in [6.45, 7) is 9.37. The largest absolute Gasteiger partial charge is 0.485 e. The Kier molecular flexibility index (Phi) is 5.19. The summed E-state index contributed by atoms with van der Waals surface area (Å²) in [5.41, 5.74) is 3.71. The van der Waals surface area contributed by atoms with Crippen LogP contribution in [0.15, 0.2) is 54.2 Å².